The summed E-state index contributed by atoms with van der Waals surface area (Å²) in [6.07, 6.45) is 5.33. The topological polar surface area (TPSA) is 49.4 Å². The number of hydrogen-bond acceptors (Lipinski definition) is 3. The van der Waals surface area contributed by atoms with E-state index >= 15 is 0 Å². The van der Waals surface area contributed by atoms with E-state index < -0.39 is 0 Å². The molecule has 0 radical (unpaired) electrons. The Morgan fingerprint density at radius 1 is 1.05 bits per heavy atom. The fourth-order valence-corrected chi connectivity index (χ4v) is 6.43. The molecule has 6 heteroatoms. The van der Waals surface area contributed by atoms with E-state index in [9.17, 15) is 9.59 Å². The molecule has 3 aromatic rings. The average molecular weight is 531 g/mol. The third-order valence-electron chi connectivity index (χ3n) is 7.56. The second kappa shape index (κ2) is 11.2. The lowest BCUT2D eigenvalue weighted by Gasteiger charge is -2.34. The summed E-state index contributed by atoms with van der Waals surface area (Å²) in [4.78, 5) is 29.9. The normalized spacial score (nSPS) is 22.6. The van der Waals surface area contributed by atoms with Crippen LogP contribution in [0, 0.1) is 11.8 Å². The van der Waals surface area contributed by atoms with Crippen molar-refractivity contribution in [3.05, 3.63) is 99.4 Å². The Bertz CT molecular complexity index is 1340. The molecule has 0 saturated heterocycles. The number of amides is 2. The van der Waals surface area contributed by atoms with Gasteiger partial charge in [-0.2, -0.15) is 0 Å². The van der Waals surface area contributed by atoms with Crippen LogP contribution in [0.25, 0.3) is 6.08 Å². The molecule has 1 heterocycles. The van der Waals surface area contributed by atoms with Crippen LogP contribution in [0.4, 0.5) is 5.69 Å². The van der Waals surface area contributed by atoms with Crippen LogP contribution in [0.5, 0.6) is 0 Å². The van der Waals surface area contributed by atoms with Crippen molar-refractivity contribution in [1.29, 1.82) is 0 Å². The van der Waals surface area contributed by atoms with Crippen LogP contribution < -0.4 is 10.2 Å². The Kier molecular flexibility index (Phi) is 7.73. The summed E-state index contributed by atoms with van der Waals surface area (Å²) in [7, 11) is 0. The highest BCUT2D eigenvalue weighted by Gasteiger charge is 2.30. The lowest BCUT2D eigenvalue weighted by atomic mass is 9.78. The summed E-state index contributed by atoms with van der Waals surface area (Å²) in [6, 6.07) is 23.3. The number of thioether (sulfide) groups is 1. The maximum Gasteiger partial charge on any atom is 0.265 e. The second-order valence-corrected chi connectivity index (χ2v) is 11.6. The first-order valence-corrected chi connectivity index (χ1v) is 14.0. The van der Waals surface area contributed by atoms with Gasteiger partial charge in [0.15, 0.2) is 0 Å². The third kappa shape index (κ3) is 5.78. The summed E-state index contributed by atoms with van der Waals surface area (Å²) in [5.41, 5.74) is 3.39. The van der Waals surface area contributed by atoms with Gasteiger partial charge in [0.1, 0.15) is 0 Å². The van der Waals surface area contributed by atoms with Gasteiger partial charge in [-0.3, -0.25) is 9.59 Å². The molecule has 0 spiro atoms. The van der Waals surface area contributed by atoms with Gasteiger partial charge in [-0.05, 0) is 71.9 Å². The minimum absolute atomic E-state index is 0.0325. The smallest absolute Gasteiger partial charge is 0.265 e. The van der Waals surface area contributed by atoms with Gasteiger partial charge in [-0.1, -0.05) is 86.5 Å². The fourth-order valence-electron chi connectivity index (χ4n) is 5.16. The Hall–Kier alpha value is -3.02. The lowest BCUT2D eigenvalue weighted by Crippen LogP contribution is -2.43. The van der Waals surface area contributed by atoms with Crippen LogP contribution in [-0.4, -0.2) is 17.9 Å². The van der Waals surface area contributed by atoms with Crippen molar-refractivity contribution in [1.82, 2.24) is 5.32 Å². The molecule has 4 nitrogen and oxygen atoms in total. The number of hydrogen-bond donors (Lipinski definition) is 1. The van der Waals surface area contributed by atoms with E-state index in [-0.39, 0.29) is 17.9 Å². The Morgan fingerprint density at radius 2 is 1.84 bits per heavy atom. The minimum Gasteiger partial charge on any atom is -0.349 e. The van der Waals surface area contributed by atoms with Gasteiger partial charge in [-0.15, -0.1) is 0 Å². The number of para-hydroxylation sites is 1. The second-order valence-electron chi connectivity index (χ2n) is 10.1. The molecule has 2 amide bonds. The van der Waals surface area contributed by atoms with E-state index in [1.807, 2.05) is 78.9 Å². The van der Waals surface area contributed by atoms with Crippen LogP contribution in [0.2, 0.25) is 5.02 Å². The molecule has 0 aromatic heterocycles. The van der Waals surface area contributed by atoms with Crippen LogP contribution in [0.15, 0.2) is 82.6 Å². The molecule has 5 rings (SSSR count). The molecule has 1 fully saturated rings. The number of carbonyl (C=O) groups excluding carboxylic acids is 2. The van der Waals surface area contributed by atoms with Gasteiger partial charge < -0.3 is 10.2 Å². The van der Waals surface area contributed by atoms with E-state index in [1.165, 1.54) is 18.2 Å². The van der Waals surface area contributed by atoms with Crippen molar-refractivity contribution < 1.29 is 9.59 Å². The summed E-state index contributed by atoms with van der Waals surface area (Å²) in [6.45, 7) is 4.94. The molecule has 1 N–H and O–H groups in total. The van der Waals surface area contributed by atoms with E-state index in [0.29, 0.717) is 33.9 Å². The highest BCUT2D eigenvalue weighted by Crippen LogP contribution is 2.42. The molecule has 3 unspecified atom stereocenters. The first kappa shape index (κ1) is 25.6. The fraction of sp³-hybridized carbons (Fsp3) is 0.290. The van der Waals surface area contributed by atoms with E-state index in [2.05, 4.69) is 19.2 Å². The van der Waals surface area contributed by atoms with Crippen LogP contribution >= 0.6 is 23.4 Å². The minimum atomic E-state index is -0.0501. The largest absolute Gasteiger partial charge is 0.349 e. The van der Waals surface area contributed by atoms with Crippen molar-refractivity contribution in [3.8, 4) is 0 Å². The zero-order chi connectivity index (χ0) is 25.9. The number of benzene rings is 3. The van der Waals surface area contributed by atoms with E-state index in [4.69, 9.17) is 11.6 Å². The van der Waals surface area contributed by atoms with Crippen molar-refractivity contribution in [2.75, 3.05) is 4.90 Å². The molecule has 2 aliphatic rings. The van der Waals surface area contributed by atoms with Crippen molar-refractivity contribution in [2.45, 2.75) is 50.6 Å². The summed E-state index contributed by atoms with van der Waals surface area (Å²) in [5, 5.41) is 3.89. The predicted molar refractivity (Wildman–Crippen MR) is 153 cm³/mol. The first-order valence-electron chi connectivity index (χ1n) is 12.8. The molecule has 190 valence electrons. The van der Waals surface area contributed by atoms with Gasteiger partial charge >= 0.3 is 0 Å². The van der Waals surface area contributed by atoms with Crippen LogP contribution in [0.3, 0.4) is 0 Å². The molecule has 3 aromatic carbocycles. The molecule has 1 saturated carbocycles. The highest BCUT2D eigenvalue weighted by atomic mass is 35.5. The summed E-state index contributed by atoms with van der Waals surface area (Å²) in [5.74, 6) is 1.02. The number of halogens is 1. The van der Waals surface area contributed by atoms with Crippen molar-refractivity contribution in [3.63, 3.8) is 0 Å². The standard InChI is InChI=1S/C31H31ClN2O2S/c1-20-7-5-10-26(21(20)2)33-30(35)24-15-13-22(14-16-24)18-29-31(36)34(19-23-8-6-9-25(32)17-23)27-11-3-4-12-28(27)37-29/h3-4,6,8-9,11-18,20-21,26H,5,7,10,19H2,1-2H3,(H,33,35). The number of fused-ring (bicyclic) bond motifs is 1. The van der Waals surface area contributed by atoms with E-state index in [1.54, 1.807) is 4.90 Å². The first-order chi connectivity index (χ1) is 17.9. The van der Waals surface area contributed by atoms with Gasteiger partial charge in [0.05, 0.1) is 17.1 Å². The van der Waals surface area contributed by atoms with Crippen molar-refractivity contribution in [2.24, 2.45) is 11.8 Å². The Labute approximate surface area is 228 Å². The molecule has 1 aliphatic heterocycles. The van der Waals surface area contributed by atoms with Gasteiger partial charge in [0.2, 0.25) is 0 Å². The SMILES string of the molecule is CC1CCCC(NC(=O)c2ccc(C=C3Sc4ccccc4N(Cc4cccc(Cl)c4)C3=O)cc2)C1C. The van der Waals surface area contributed by atoms with Gasteiger partial charge in [0.25, 0.3) is 11.8 Å². The number of rotatable bonds is 5. The highest BCUT2D eigenvalue weighted by molar-refractivity contribution is 8.04. The average Bonchev–Trinajstić information content (AvgIpc) is 2.89. The monoisotopic (exact) mass is 530 g/mol. The lowest BCUT2D eigenvalue weighted by molar-refractivity contribution is -0.114. The van der Waals surface area contributed by atoms with Crippen LogP contribution in [-0.2, 0) is 11.3 Å². The maximum atomic E-state index is 13.6. The summed E-state index contributed by atoms with van der Waals surface area (Å²) < 4.78 is 0. The zero-order valence-corrected chi connectivity index (χ0v) is 22.7. The van der Waals surface area contributed by atoms with Crippen molar-refractivity contribution >= 4 is 46.9 Å². The summed E-state index contributed by atoms with van der Waals surface area (Å²) >= 11 is 7.67. The molecular weight excluding hydrogens is 500 g/mol. The van der Waals surface area contributed by atoms with E-state index in [0.717, 1.165) is 34.6 Å². The third-order valence-corrected chi connectivity index (χ3v) is 8.87. The van der Waals surface area contributed by atoms with Gasteiger partial charge in [-0.25, -0.2) is 0 Å². The number of nitrogens with zero attached hydrogens (tertiary/aromatic N) is 1. The predicted octanol–water partition coefficient (Wildman–Crippen LogP) is 7.57. The molecule has 0 bridgehead atoms. The number of carbonyl (C=O) groups is 2. The zero-order valence-electron chi connectivity index (χ0n) is 21.1. The number of anilines is 1. The quantitative estimate of drug-likeness (QED) is 0.346. The molecular formula is C31H31ClN2O2S. The molecule has 1 aliphatic carbocycles. The maximum absolute atomic E-state index is 13.6. The Morgan fingerprint density at radius 3 is 2.62 bits per heavy atom. The van der Waals surface area contributed by atoms with Gasteiger partial charge in [0, 0.05) is 21.5 Å². The molecule has 37 heavy (non-hydrogen) atoms. The van der Waals surface area contributed by atoms with Crippen LogP contribution in [0.1, 0.15) is 54.6 Å². The molecule has 3 atom stereocenters. The Balaban J connectivity index is 1.34. The number of nitrogens with one attached hydrogen (secondary N) is 1.